The van der Waals surface area contributed by atoms with E-state index in [0.29, 0.717) is 16.5 Å². The molecule has 0 bridgehead atoms. The Balaban J connectivity index is 2.50. The maximum atomic E-state index is 13.2. The third-order valence-corrected chi connectivity index (χ3v) is 3.60. The molecule has 112 valence electrons. The van der Waals surface area contributed by atoms with Crippen LogP contribution in [0.5, 0.6) is 11.5 Å². The van der Waals surface area contributed by atoms with Crippen LogP contribution in [0.2, 0.25) is 5.02 Å². The highest BCUT2D eigenvalue weighted by molar-refractivity contribution is 6.31. The van der Waals surface area contributed by atoms with Crippen LogP contribution in [0.4, 0.5) is 4.39 Å². The Hall–Kier alpha value is -1.78. The van der Waals surface area contributed by atoms with Gasteiger partial charge in [0.05, 0.1) is 20.3 Å². The number of methoxy groups -OCH3 is 2. The normalized spacial score (nSPS) is 12.0. The van der Waals surface area contributed by atoms with Gasteiger partial charge < -0.3 is 14.8 Å². The summed E-state index contributed by atoms with van der Waals surface area (Å²) in [5.74, 6) is 1.01. The molecule has 2 rings (SSSR count). The van der Waals surface area contributed by atoms with Gasteiger partial charge in [0, 0.05) is 11.1 Å². The minimum atomic E-state index is -0.359. The first-order valence-corrected chi connectivity index (χ1v) is 6.82. The van der Waals surface area contributed by atoms with E-state index in [0.717, 1.165) is 11.1 Å². The standard InChI is InChI=1S/C16H17ClFNO2/c1-19-16(14-5-4-11(18)8-15(14)17)10-6-12(20-2)9-13(7-10)21-3/h4-9,16,19H,1-3H3. The van der Waals surface area contributed by atoms with Crippen molar-refractivity contribution in [1.29, 1.82) is 0 Å². The molecule has 2 aromatic rings. The van der Waals surface area contributed by atoms with Gasteiger partial charge in [0.1, 0.15) is 17.3 Å². The Morgan fingerprint density at radius 3 is 2.14 bits per heavy atom. The van der Waals surface area contributed by atoms with Gasteiger partial charge in [0.2, 0.25) is 0 Å². The Kier molecular flexibility index (Phi) is 5.04. The van der Waals surface area contributed by atoms with Crippen molar-refractivity contribution in [3.63, 3.8) is 0 Å². The number of hydrogen-bond acceptors (Lipinski definition) is 3. The van der Waals surface area contributed by atoms with Gasteiger partial charge in [0.15, 0.2) is 0 Å². The van der Waals surface area contributed by atoms with Crippen molar-refractivity contribution in [2.45, 2.75) is 6.04 Å². The Morgan fingerprint density at radius 2 is 1.67 bits per heavy atom. The lowest BCUT2D eigenvalue weighted by atomic mass is 9.98. The van der Waals surface area contributed by atoms with Gasteiger partial charge in [-0.05, 0) is 42.4 Å². The maximum Gasteiger partial charge on any atom is 0.124 e. The molecule has 0 spiro atoms. The fourth-order valence-electron chi connectivity index (χ4n) is 2.23. The number of hydrogen-bond donors (Lipinski definition) is 1. The monoisotopic (exact) mass is 309 g/mol. The van der Waals surface area contributed by atoms with Crippen molar-refractivity contribution >= 4 is 11.6 Å². The molecule has 0 amide bonds. The van der Waals surface area contributed by atoms with E-state index in [1.807, 2.05) is 19.2 Å². The van der Waals surface area contributed by atoms with Gasteiger partial charge >= 0.3 is 0 Å². The number of benzene rings is 2. The van der Waals surface area contributed by atoms with Gasteiger partial charge in [-0.25, -0.2) is 4.39 Å². The summed E-state index contributed by atoms with van der Waals surface area (Å²) in [7, 11) is 5.01. The van der Waals surface area contributed by atoms with E-state index in [2.05, 4.69) is 5.32 Å². The molecular formula is C16H17ClFNO2. The molecule has 1 atom stereocenters. The molecule has 1 unspecified atom stereocenters. The Morgan fingerprint density at radius 1 is 1.05 bits per heavy atom. The molecule has 0 radical (unpaired) electrons. The minimum absolute atomic E-state index is 0.193. The molecule has 0 saturated heterocycles. The van der Waals surface area contributed by atoms with Gasteiger partial charge in [-0.3, -0.25) is 0 Å². The fourth-order valence-corrected chi connectivity index (χ4v) is 2.51. The molecule has 3 nitrogen and oxygen atoms in total. The third kappa shape index (κ3) is 3.46. The fraction of sp³-hybridized carbons (Fsp3) is 0.250. The summed E-state index contributed by atoms with van der Waals surface area (Å²) in [4.78, 5) is 0. The van der Waals surface area contributed by atoms with Crippen LogP contribution in [0.3, 0.4) is 0 Å². The maximum absolute atomic E-state index is 13.2. The zero-order chi connectivity index (χ0) is 15.4. The van der Waals surface area contributed by atoms with Crippen molar-refractivity contribution in [2.75, 3.05) is 21.3 Å². The molecule has 1 N–H and O–H groups in total. The quantitative estimate of drug-likeness (QED) is 0.911. The summed E-state index contributed by atoms with van der Waals surface area (Å²) in [6, 6.07) is 9.75. The average Bonchev–Trinajstić information content (AvgIpc) is 2.49. The molecule has 21 heavy (non-hydrogen) atoms. The van der Waals surface area contributed by atoms with E-state index < -0.39 is 0 Å². The van der Waals surface area contributed by atoms with Gasteiger partial charge in [-0.2, -0.15) is 0 Å². The molecule has 0 aliphatic rings. The number of ether oxygens (including phenoxy) is 2. The van der Waals surface area contributed by atoms with Crippen LogP contribution < -0.4 is 14.8 Å². The molecular weight excluding hydrogens is 293 g/mol. The highest BCUT2D eigenvalue weighted by atomic mass is 35.5. The van der Waals surface area contributed by atoms with Crippen molar-refractivity contribution in [3.8, 4) is 11.5 Å². The first-order valence-electron chi connectivity index (χ1n) is 6.44. The number of rotatable bonds is 5. The van der Waals surface area contributed by atoms with Crippen molar-refractivity contribution < 1.29 is 13.9 Å². The van der Waals surface area contributed by atoms with E-state index >= 15 is 0 Å². The topological polar surface area (TPSA) is 30.5 Å². The Bertz CT molecular complexity index is 611. The van der Waals surface area contributed by atoms with E-state index in [1.165, 1.54) is 12.1 Å². The van der Waals surface area contributed by atoms with Gasteiger partial charge in [-0.15, -0.1) is 0 Å². The van der Waals surface area contributed by atoms with Crippen LogP contribution in [0.15, 0.2) is 36.4 Å². The predicted octanol–water partition coefficient (Wildman–Crippen LogP) is 3.81. The second kappa shape index (κ2) is 6.78. The van der Waals surface area contributed by atoms with E-state index in [1.54, 1.807) is 26.4 Å². The first-order chi connectivity index (χ1) is 10.1. The predicted molar refractivity (Wildman–Crippen MR) is 81.9 cm³/mol. The molecule has 2 aromatic carbocycles. The first kappa shape index (κ1) is 15.6. The lowest BCUT2D eigenvalue weighted by molar-refractivity contribution is 0.392. The number of halogens is 2. The van der Waals surface area contributed by atoms with E-state index in [9.17, 15) is 4.39 Å². The minimum Gasteiger partial charge on any atom is -0.497 e. The van der Waals surface area contributed by atoms with Gasteiger partial charge in [-0.1, -0.05) is 17.7 Å². The molecule has 0 fully saturated rings. The van der Waals surface area contributed by atoms with Crippen LogP contribution in [0.25, 0.3) is 0 Å². The zero-order valence-electron chi connectivity index (χ0n) is 12.1. The summed E-state index contributed by atoms with van der Waals surface area (Å²) >= 11 is 6.16. The smallest absolute Gasteiger partial charge is 0.124 e. The second-order valence-electron chi connectivity index (χ2n) is 4.53. The van der Waals surface area contributed by atoms with Crippen LogP contribution in [0, 0.1) is 5.82 Å². The average molecular weight is 310 g/mol. The second-order valence-corrected chi connectivity index (χ2v) is 4.94. The SMILES string of the molecule is CNC(c1cc(OC)cc(OC)c1)c1ccc(F)cc1Cl. The molecule has 0 heterocycles. The Labute approximate surface area is 128 Å². The van der Waals surface area contributed by atoms with Gasteiger partial charge in [0.25, 0.3) is 0 Å². The van der Waals surface area contributed by atoms with Crippen LogP contribution >= 0.6 is 11.6 Å². The molecule has 0 aromatic heterocycles. The van der Waals surface area contributed by atoms with Crippen molar-refractivity contribution in [2.24, 2.45) is 0 Å². The third-order valence-electron chi connectivity index (χ3n) is 3.27. The molecule has 0 aliphatic heterocycles. The lowest BCUT2D eigenvalue weighted by Crippen LogP contribution is -2.18. The molecule has 0 saturated carbocycles. The lowest BCUT2D eigenvalue weighted by Gasteiger charge is -2.20. The zero-order valence-corrected chi connectivity index (χ0v) is 12.9. The summed E-state index contributed by atoms with van der Waals surface area (Å²) in [5.41, 5.74) is 1.71. The highest BCUT2D eigenvalue weighted by Gasteiger charge is 2.17. The number of nitrogens with one attached hydrogen (secondary N) is 1. The van der Waals surface area contributed by atoms with Crippen molar-refractivity contribution in [1.82, 2.24) is 5.32 Å². The summed E-state index contributed by atoms with van der Waals surface area (Å²) in [6.07, 6.45) is 0. The molecule has 0 aliphatic carbocycles. The van der Waals surface area contributed by atoms with Crippen LogP contribution in [-0.2, 0) is 0 Å². The molecule has 5 heteroatoms. The van der Waals surface area contributed by atoms with E-state index in [-0.39, 0.29) is 11.9 Å². The van der Waals surface area contributed by atoms with Crippen LogP contribution in [-0.4, -0.2) is 21.3 Å². The van der Waals surface area contributed by atoms with E-state index in [4.69, 9.17) is 21.1 Å². The summed E-state index contributed by atoms with van der Waals surface area (Å²) in [5, 5.41) is 3.55. The van der Waals surface area contributed by atoms with Crippen molar-refractivity contribution in [3.05, 3.63) is 58.4 Å². The summed E-state index contributed by atoms with van der Waals surface area (Å²) in [6.45, 7) is 0. The van der Waals surface area contributed by atoms with Crippen LogP contribution in [0.1, 0.15) is 17.2 Å². The summed E-state index contributed by atoms with van der Waals surface area (Å²) < 4.78 is 23.8. The largest absolute Gasteiger partial charge is 0.497 e. The highest BCUT2D eigenvalue weighted by Crippen LogP contribution is 2.33.